The summed E-state index contributed by atoms with van der Waals surface area (Å²) < 4.78 is 5.37. The topological polar surface area (TPSA) is 98.5 Å². The summed E-state index contributed by atoms with van der Waals surface area (Å²) in [4.78, 5) is 34.7. The van der Waals surface area contributed by atoms with Crippen LogP contribution in [0, 0.1) is 10.1 Å². The quantitative estimate of drug-likeness (QED) is 0.416. The van der Waals surface area contributed by atoms with E-state index in [0.29, 0.717) is 17.9 Å². The van der Waals surface area contributed by atoms with Crippen LogP contribution >= 0.6 is 0 Å². The van der Waals surface area contributed by atoms with Crippen molar-refractivity contribution in [1.82, 2.24) is 0 Å². The molecule has 0 saturated heterocycles. The minimum atomic E-state index is -0.580. The smallest absolute Gasteiger partial charge is 0.296 e. The standard InChI is InChI=1S/C19H20N2O5/c1-2-12-26-15-8-9-16(17(13-15)21(24)25)20-19(23)11-10-18(22)14-6-4-3-5-7-14/h3-9,13H,2,10-12H2,1H3,(H,20,23). The third-order valence-corrected chi connectivity index (χ3v) is 3.59. The van der Waals surface area contributed by atoms with Crippen molar-refractivity contribution < 1.29 is 19.2 Å². The van der Waals surface area contributed by atoms with Crippen LogP contribution in [0.4, 0.5) is 11.4 Å². The summed E-state index contributed by atoms with van der Waals surface area (Å²) in [5.41, 5.74) is 0.362. The van der Waals surface area contributed by atoms with Crippen LogP contribution in [0.15, 0.2) is 48.5 Å². The second kappa shape index (κ2) is 9.31. The predicted molar refractivity (Wildman–Crippen MR) is 97.5 cm³/mol. The molecule has 136 valence electrons. The maximum Gasteiger partial charge on any atom is 0.296 e. The molecule has 26 heavy (non-hydrogen) atoms. The number of amides is 1. The lowest BCUT2D eigenvalue weighted by atomic mass is 10.1. The average molecular weight is 356 g/mol. The van der Waals surface area contributed by atoms with Crippen molar-refractivity contribution in [3.63, 3.8) is 0 Å². The number of ketones is 1. The fourth-order valence-corrected chi connectivity index (χ4v) is 2.29. The zero-order valence-electron chi connectivity index (χ0n) is 14.4. The number of benzene rings is 2. The van der Waals surface area contributed by atoms with Gasteiger partial charge in [-0.2, -0.15) is 0 Å². The van der Waals surface area contributed by atoms with Gasteiger partial charge in [0, 0.05) is 18.4 Å². The highest BCUT2D eigenvalue weighted by molar-refractivity contribution is 6.00. The molecular weight excluding hydrogens is 336 g/mol. The van der Waals surface area contributed by atoms with Crippen LogP contribution in [0.5, 0.6) is 5.75 Å². The van der Waals surface area contributed by atoms with E-state index in [9.17, 15) is 19.7 Å². The first-order valence-electron chi connectivity index (χ1n) is 8.30. The number of carbonyl (C=O) groups excluding carboxylic acids is 2. The van der Waals surface area contributed by atoms with Crippen molar-refractivity contribution in [2.24, 2.45) is 0 Å². The molecular formula is C19H20N2O5. The normalized spacial score (nSPS) is 10.2. The maximum absolute atomic E-state index is 12.1. The Morgan fingerprint density at radius 3 is 2.50 bits per heavy atom. The molecule has 2 aromatic rings. The molecule has 0 atom stereocenters. The Hall–Kier alpha value is -3.22. The van der Waals surface area contributed by atoms with Crippen LogP contribution in [-0.2, 0) is 4.79 Å². The van der Waals surface area contributed by atoms with Crippen LogP contribution in [0.25, 0.3) is 0 Å². The number of nitro benzene ring substituents is 1. The van der Waals surface area contributed by atoms with Gasteiger partial charge in [-0.25, -0.2) is 0 Å². The van der Waals surface area contributed by atoms with Crippen molar-refractivity contribution >= 4 is 23.1 Å². The van der Waals surface area contributed by atoms with Gasteiger partial charge in [0.2, 0.25) is 5.91 Å². The predicted octanol–water partition coefficient (Wildman–Crippen LogP) is 3.99. The number of nitrogens with one attached hydrogen (secondary N) is 1. The third kappa shape index (κ3) is 5.41. The van der Waals surface area contributed by atoms with Gasteiger partial charge in [0.25, 0.3) is 5.69 Å². The lowest BCUT2D eigenvalue weighted by Gasteiger charge is -2.09. The van der Waals surface area contributed by atoms with Crippen molar-refractivity contribution in [3.8, 4) is 5.75 Å². The van der Waals surface area contributed by atoms with Crippen LogP contribution in [0.1, 0.15) is 36.5 Å². The van der Waals surface area contributed by atoms with E-state index in [1.165, 1.54) is 12.1 Å². The number of hydrogen-bond acceptors (Lipinski definition) is 5. The van der Waals surface area contributed by atoms with Gasteiger partial charge in [-0.1, -0.05) is 37.3 Å². The lowest BCUT2D eigenvalue weighted by molar-refractivity contribution is -0.384. The summed E-state index contributed by atoms with van der Waals surface area (Å²) in [6.07, 6.45) is 0.752. The second-order valence-electron chi connectivity index (χ2n) is 5.62. The third-order valence-electron chi connectivity index (χ3n) is 3.59. The minimum absolute atomic E-state index is 0.0291. The number of rotatable bonds is 9. The molecule has 0 unspecified atom stereocenters. The number of hydrogen-bond donors (Lipinski definition) is 1. The van der Waals surface area contributed by atoms with Crippen LogP contribution in [0.3, 0.4) is 0 Å². The molecule has 1 amide bonds. The fourth-order valence-electron chi connectivity index (χ4n) is 2.29. The first-order chi connectivity index (χ1) is 12.5. The largest absolute Gasteiger partial charge is 0.493 e. The Bertz CT molecular complexity index is 790. The summed E-state index contributed by atoms with van der Waals surface area (Å²) in [5, 5.41) is 13.7. The van der Waals surface area contributed by atoms with Crippen molar-refractivity contribution in [2.75, 3.05) is 11.9 Å². The Morgan fingerprint density at radius 2 is 1.85 bits per heavy atom. The number of ether oxygens (including phenoxy) is 1. The molecule has 0 radical (unpaired) electrons. The number of nitro groups is 1. The number of Topliss-reactive ketones (excluding diaryl/α,β-unsaturated/α-hetero) is 1. The lowest BCUT2D eigenvalue weighted by Crippen LogP contribution is -2.14. The maximum atomic E-state index is 12.1. The highest BCUT2D eigenvalue weighted by atomic mass is 16.6. The SMILES string of the molecule is CCCOc1ccc(NC(=O)CCC(=O)c2ccccc2)c([N+](=O)[O-])c1. The van der Waals surface area contributed by atoms with Crippen molar-refractivity contribution in [2.45, 2.75) is 26.2 Å². The molecule has 0 aliphatic carbocycles. The number of anilines is 1. The van der Waals surface area contributed by atoms with Gasteiger partial charge >= 0.3 is 0 Å². The second-order valence-corrected chi connectivity index (χ2v) is 5.62. The van der Waals surface area contributed by atoms with Crippen LogP contribution in [0.2, 0.25) is 0 Å². The monoisotopic (exact) mass is 356 g/mol. The molecule has 0 aromatic heterocycles. The van der Waals surface area contributed by atoms with E-state index in [1.54, 1.807) is 36.4 Å². The minimum Gasteiger partial charge on any atom is -0.493 e. The molecule has 0 saturated carbocycles. The van der Waals surface area contributed by atoms with E-state index >= 15 is 0 Å². The Labute approximate surface area is 151 Å². The molecule has 0 aliphatic heterocycles. The van der Waals surface area contributed by atoms with Gasteiger partial charge in [-0.05, 0) is 18.6 Å². The van der Waals surface area contributed by atoms with Gasteiger partial charge < -0.3 is 10.1 Å². The van der Waals surface area contributed by atoms with Gasteiger partial charge in [-0.3, -0.25) is 19.7 Å². The molecule has 0 fully saturated rings. The molecule has 0 heterocycles. The van der Waals surface area contributed by atoms with Gasteiger partial charge in [-0.15, -0.1) is 0 Å². The average Bonchev–Trinajstić information content (AvgIpc) is 2.65. The Morgan fingerprint density at radius 1 is 1.12 bits per heavy atom. The zero-order chi connectivity index (χ0) is 18.9. The first kappa shape index (κ1) is 19.1. The van der Waals surface area contributed by atoms with Gasteiger partial charge in [0.15, 0.2) is 5.78 Å². The van der Waals surface area contributed by atoms with Crippen LogP contribution in [-0.4, -0.2) is 23.2 Å². The van der Waals surface area contributed by atoms with Gasteiger partial charge in [0.1, 0.15) is 11.4 Å². The highest BCUT2D eigenvalue weighted by Crippen LogP contribution is 2.29. The summed E-state index contributed by atoms with van der Waals surface area (Å²) in [7, 11) is 0. The Balaban J connectivity index is 1.99. The van der Waals surface area contributed by atoms with E-state index in [0.717, 1.165) is 6.42 Å². The molecule has 0 aliphatic rings. The van der Waals surface area contributed by atoms with E-state index in [1.807, 2.05) is 6.92 Å². The number of carbonyl (C=O) groups is 2. The summed E-state index contributed by atoms with van der Waals surface area (Å²) in [5.74, 6) is -0.242. The molecule has 7 nitrogen and oxygen atoms in total. The molecule has 0 spiro atoms. The molecule has 0 bridgehead atoms. The van der Waals surface area contributed by atoms with Crippen molar-refractivity contribution in [1.29, 1.82) is 0 Å². The van der Waals surface area contributed by atoms with Crippen molar-refractivity contribution in [3.05, 3.63) is 64.2 Å². The summed E-state index contributed by atoms with van der Waals surface area (Å²) in [6.45, 7) is 2.38. The van der Waals surface area contributed by atoms with Crippen LogP contribution < -0.4 is 10.1 Å². The molecule has 2 rings (SSSR count). The number of nitrogens with zero attached hydrogens (tertiary/aromatic N) is 1. The van der Waals surface area contributed by atoms with Gasteiger partial charge in [0.05, 0.1) is 17.6 Å². The highest BCUT2D eigenvalue weighted by Gasteiger charge is 2.18. The first-order valence-corrected chi connectivity index (χ1v) is 8.30. The fraction of sp³-hybridized carbons (Fsp3) is 0.263. The molecule has 7 heteroatoms. The zero-order valence-corrected chi connectivity index (χ0v) is 14.4. The molecule has 1 N–H and O–H groups in total. The summed E-state index contributed by atoms with van der Waals surface area (Å²) in [6, 6.07) is 12.9. The van der Waals surface area contributed by atoms with E-state index in [-0.39, 0.29) is 30.0 Å². The molecule has 2 aromatic carbocycles. The van der Waals surface area contributed by atoms with E-state index in [2.05, 4.69) is 5.32 Å². The Kier molecular flexibility index (Phi) is 6.84. The van der Waals surface area contributed by atoms with E-state index < -0.39 is 10.8 Å². The van der Waals surface area contributed by atoms with E-state index in [4.69, 9.17) is 4.74 Å². The summed E-state index contributed by atoms with van der Waals surface area (Å²) >= 11 is 0.